The molecule has 1 aromatic carbocycles. The van der Waals surface area contributed by atoms with Gasteiger partial charge in [0, 0.05) is 11.1 Å². The van der Waals surface area contributed by atoms with Crippen LogP contribution in [0.3, 0.4) is 0 Å². The maximum atomic E-state index is 14.5. The van der Waals surface area contributed by atoms with Crippen molar-refractivity contribution in [2.45, 2.75) is 37.1 Å². The molecule has 2 aliphatic carbocycles. The van der Waals surface area contributed by atoms with Crippen LogP contribution < -0.4 is 5.73 Å². The molecular formula is C13H15F2N. The van der Waals surface area contributed by atoms with E-state index < -0.39 is 16.9 Å². The van der Waals surface area contributed by atoms with Gasteiger partial charge in [-0.2, -0.15) is 0 Å². The highest BCUT2D eigenvalue weighted by molar-refractivity contribution is 5.32. The highest BCUT2D eigenvalue weighted by Crippen LogP contribution is 2.72. The van der Waals surface area contributed by atoms with Gasteiger partial charge in [0.05, 0.1) is 5.41 Å². The van der Waals surface area contributed by atoms with Crippen molar-refractivity contribution in [3.8, 4) is 0 Å². The lowest BCUT2D eigenvalue weighted by Gasteiger charge is -2.32. The summed E-state index contributed by atoms with van der Waals surface area (Å²) >= 11 is 0. The van der Waals surface area contributed by atoms with Crippen molar-refractivity contribution in [1.82, 2.24) is 0 Å². The molecule has 0 heterocycles. The molecular weight excluding hydrogens is 208 g/mol. The number of hydrogen-bond donors (Lipinski definition) is 1. The zero-order chi connectivity index (χ0) is 11.4. The molecule has 16 heavy (non-hydrogen) atoms. The predicted molar refractivity (Wildman–Crippen MR) is 58.2 cm³/mol. The van der Waals surface area contributed by atoms with Gasteiger partial charge in [0.25, 0.3) is 5.92 Å². The van der Waals surface area contributed by atoms with Gasteiger partial charge in [-0.25, -0.2) is 8.78 Å². The second-order valence-electron chi connectivity index (χ2n) is 5.18. The average Bonchev–Trinajstić information content (AvgIpc) is 3.13. The molecule has 1 aromatic rings. The monoisotopic (exact) mass is 223 g/mol. The fourth-order valence-corrected chi connectivity index (χ4v) is 2.79. The van der Waals surface area contributed by atoms with E-state index in [1.165, 1.54) is 12.1 Å². The number of rotatable bonds is 3. The molecule has 0 bridgehead atoms. The van der Waals surface area contributed by atoms with Crippen LogP contribution in [0.2, 0.25) is 0 Å². The standard InChI is InChI=1S/C13H15F2N/c14-13(15,10-4-2-1-3-5-10)11(6-7-11)12(16)8-9-12/h1-5H,6-9,16H2. The van der Waals surface area contributed by atoms with Crippen LogP contribution in [0.4, 0.5) is 8.78 Å². The Balaban J connectivity index is 2.00. The van der Waals surface area contributed by atoms with E-state index in [0.29, 0.717) is 12.8 Å². The van der Waals surface area contributed by atoms with Crippen molar-refractivity contribution in [2.24, 2.45) is 11.1 Å². The van der Waals surface area contributed by atoms with Gasteiger partial charge in [-0.05, 0) is 25.7 Å². The smallest absolute Gasteiger partial charge is 0.280 e. The summed E-state index contributed by atoms with van der Waals surface area (Å²) < 4.78 is 28.9. The van der Waals surface area contributed by atoms with Gasteiger partial charge >= 0.3 is 0 Å². The molecule has 3 heteroatoms. The summed E-state index contributed by atoms with van der Waals surface area (Å²) in [4.78, 5) is 0. The largest absolute Gasteiger partial charge is 0.324 e. The van der Waals surface area contributed by atoms with Gasteiger partial charge in [-0.1, -0.05) is 30.3 Å². The Hall–Kier alpha value is -0.960. The molecule has 0 radical (unpaired) electrons. The lowest BCUT2D eigenvalue weighted by molar-refractivity contribution is -0.0948. The Morgan fingerprint density at radius 3 is 2.00 bits per heavy atom. The summed E-state index contributed by atoms with van der Waals surface area (Å²) in [6, 6.07) is 8.09. The van der Waals surface area contributed by atoms with E-state index in [2.05, 4.69) is 0 Å². The van der Waals surface area contributed by atoms with Crippen LogP contribution in [0.15, 0.2) is 30.3 Å². The minimum absolute atomic E-state index is 0.115. The van der Waals surface area contributed by atoms with E-state index in [4.69, 9.17) is 5.73 Å². The third-order valence-electron chi connectivity index (χ3n) is 4.23. The van der Waals surface area contributed by atoms with E-state index in [0.717, 1.165) is 12.8 Å². The Kier molecular flexibility index (Phi) is 1.81. The van der Waals surface area contributed by atoms with Crippen molar-refractivity contribution >= 4 is 0 Å². The van der Waals surface area contributed by atoms with E-state index >= 15 is 0 Å². The number of halogens is 2. The molecule has 0 aromatic heterocycles. The molecule has 2 aliphatic rings. The Bertz CT molecular complexity index is 405. The molecule has 0 aliphatic heterocycles. The van der Waals surface area contributed by atoms with Gasteiger partial charge in [-0.15, -0.1) is 0 Å². The van der Waals surface area contributed by atoms with E-state index in [-0.39, 0.29) is 5.56 Å². The molecule has 0 spiro atoms. The van der Waals surface area contributed by atoms with Crippen LogP contribution in [-0.2, 0) is 5.92 Å². The quantitative estimate of drug-likeness (QED) is 0.837. The third-order valence-corrected chi connectivity index (χ3v) is 4.23. The third kappa shape index (κ3) is 1.12. The summed E-state index contributed by atoms with van der Waals surface area (Å²) in [5, 5.41) is 0. The molecule has 3 rings (SSSR count). The highest BCUT2D eigenvalue weighted by atomic mass is 19.3. The molecule has 0 saturated heterocycles. The Labute approximate surface area is 93.6 Å². The van der Waals surface area contributed by atoms with Crippen LogP contribution >= 0.6 is 0 Å². The van der Waals surface area contributed by atoms with Gasteiger partial charge in [0.1, 0.15) is 0 Å². The van der Waals surface area contributed by atoms with Crippen LogP contribution in [0.25, 0.3) is 0 Å². The van der Waals surface area contributed by atoms with E-state index in [1.807, 2.05) is 0 Å². The topological polar surface area (TPSA) is 26.0 Å². The first-order valence-corrected chi connectivity index (χ1v) is 5.74. The second-order valence-corrected chi connectivity index (χ2v) is 5.18. The fourth-order valence-electron chi connectivity index (χ4n) is 2.79. The van der Waals surface area contributed by atoms with Crippen molar-refractivity contribution in [3.05, 3.63) is 35.9 Å². The Morgan fingerprint density at radius 2 is 1.56 bits per heavy atom. The summed E-state index contributed by atoms with van der Waals surface area (Å²) in [7, 11) is 0. The number of hydrogen-bond acceptors (Lipinski definition) is 1. The van der Waals surface area contributed by atoms with Crippen molar-refractivity contribution in [2.75, 3.05) is 0 Å². The van der Waals surface area contributed by atoms with Crippen LogP contribution in [0, 0.1) is 5.41 Å². The van der Waals surface area contributed by atoms with Crippen molar-refractivity contribution in [3.63, 3.8) is 0 Å². The molecule has 2 N–H and O–H groups in total. The van der Waals surface area contributed by atoms with Gasteiger partial charge in [0.15, 0.2) is 0 Å². The number of nitrogens with two attached hydrogens (primary N) is 1. The normalized spacial score (nSPS) is 25.2. The molecule has 1 nitrogen and oxygen atoms in total. The lowest BCUT2D eigenvalue weighted by atomic mass is 9.83. The SMILES string of the molecule is NC1(C2(C(F)(F)c3ccccc3)CC2)CC1. The van der Waals surface area contributed by atoms with Crippen LogP contribution in [0.1, 0.15) is 31.2 Å². The maximum absolute atomic E-state index is 14.5. The van der Waals surface area contributed by atoms with Crippen LogP contribution in [-0.4, -0.2) is 5.54 Å². The van der Waals surface area contributed by atoms with Gasteiger partial charge < -0.3 is 5.73 Å². The summed E-state index contributed by atoms with van der Waals surface area (Å²) in [6.45, 7) is 0. The first kappa shape index (κ1) is 10.2. The minimum atomic E-state index is -2.78. The van der Waals surface area contributed by atoms with E-state index in [9.17, 15) is 8.78 Å². The van der Waals surface area contributed by atoms with Gasteiger partial charge in [-0.3, -0.25) is 0 Å². The van der Waals surface area contributed by atoms with Crippen LogP contribution in [0.5, 0.6) is 0 Å². The Morgan fingerprint density at radius 1 is 1.00 bits per heavy atom. The fraction of sp³-hybridized carbons (Fsp3) is 0.538. The molecule has 86 valence electrons. The zero-order valence-corrected chi connectivity index (χ0v) is 9.05. The average molecular weight is 223 g/mol. The molecule has 0 unspecified atom stereocenters. The van der Waals surface area contributed by atoms with Gasteiger partial charge in [0.2, 0.25) is 0 Å². The zero-order valence-electron chi connectivity index (χ0n) is 9.05. The minimum Gasteiger partial charge on any atom is -0.324 e. The van der Waals surface area contributed by atoms with Crippen molar-refractivity contribution in [1.29, 1.82) is 0 Å². The molecule has 2 fully saturated rings. The molecule has 2 saturated carbocycles. The molecule has 0 amide bonds. The first-order valence-electron chi connectivity index (χ1n) is 5.74. The summed E-state index contributed by atoms with van der Waals surface area (Å²) in [5.41, 5.74) is 4.58. The van der Waals surface area contributed by atoms with E-state index in [1.54, 1.807) is 18.2 Å². The predicted octanol–water partition coefficient (Wildman–Crippen LogP) is 3.05. The van der Waals surface area contributed by atoms with Crippen molar-refractivity contribution < 1.29 is 8.78 Å². The second kappa shape index (κ2) is 2.83. The number of alkyl halides is 2. The molecule has 0 atom stereocenters. The maximum Gasteiger partial charge on any atom is 0.280 e. The first-order chi connectivity index (χ1) is 7.52. The summed E-state index contributed by atoms with van der Waals surface area (Å²) in [5.74, 6) is -2.78. The summed E-state index contributed by atoms with van der Waals surface area (Å²) in [6.07, 6.45) is 2.61. The highest BCUT2D eigenvalue weighted by Gasteiger charge is 2.74. The number of benzene rings is 1. The lowest BCUT2D eigenvalue weighted by Crippen LogP contribution is -2.44.